The highest BCUT2D eigenvalue weighted by atomic mass is 14.7. The van der Waals surface area contributed by atoms with E-state index in [9.17, 15) is 0 Å². The van der Waals surface area contributed by atoms with Crippen molar-refractivity contribution in [3.8, 4) is 0 Å². The lowest BCUT2D eigenvalue weighted by Gasteiger charge is -2.73. The smallest absolute Gasteiger partial charge is 0.0144 e. The number of hydrogen-bond acceptors (Lipinski definition) is 0. The Morgan fingerprint density at radius 1 is 0.633 bits per heavy atom. The van der Waals surface area contributed by atoms with E-state index in [0.29, 0.717) is 27.1 Å². The first-order valence-electron chi connectivity index (χ1n) is 13.6. The minimum Gasteiger partial charge on any atom is -0.0769 e. The van der Waals surface area contributed by atoms with Gasteiger partial charge in [-0.2, -0.15) is 0 Å². The van der Waals surface area contributed by atoms with Gasteiger partial charge in [0.2, 0.25) is 0 Å². The van der Waals surface area contributed by atoms with Gasteiger partial charge in [0, 0.05) is 0 Å². The summed E-state index contributed by atoms with van der Waals surface area (Å²) in [6.45, 7) is 21.1. The Balaban J connectivity index is 1.54. The molecule has 0 nitrogen and oxygen atoms in total. The van der Waals surface area contributed by atoms with Gasteiger partial charge < -0.3 is 0 Å². The zero-order valence-corrected chi connectivity index (χ0v) is 21.6. The van der Waals surface area contributed by atoms with Crippen LogP contribution in [0.1, 0.15) is 126 Å². The fourth-order valence-electron chi connectivity index (χ4n) is 11.7. The standard InChI is InChI=1S/C30H50/c1-20(2)21-12-17-27(5)22(21)13-18-29(7)24(27)10-11-25-28(6)16-9-15-26(3,4)23(28)14-19-30(25,29)8/h22-25H,9-19H2,1-8H3/t22?,23?,24?,25?,27-,28-,29+,30+/m0/s1. The van der Waals surface area contributed by atoms with Gasteiger partial charge >= 0.3 is 0 Å². The van der Waals surface area contributed by atoms with Crippen LogP contribution in [-0.4, -0.2) is 0 Å². The molecule has 0 aromatic rings. The molecule has 0 heteroatoms. The first-order valence-corrected chi connectivity index (χ1v) is 13.6. The van der Waals surface area contributed by atoms with Gasteiger partial charge in [-0.25, -0.2) is 0 Å². The van der Waals surface area contributed by atoms with Gasteiger partial charge in [0.05, 0.1) is 0 Å². The second kappa shape index (κ2) is 6.41. The zero-order chi connectivity index (χ0) is 21.7. The minimum absolute atomic E-state index is 0.549. The Morgan fingerprint density at radius 3 is 1.87 bits per heavy atom. The van der Waals surface area contributed by atoms with E-state index in [-0.39, 0.29) is 0 Å². The van der Waals surface area contributed by atoms with Gasteiger partial charge in [0.15, 0.2) is 0 Å². The van der Waals surface area contributed by atoms with Gasteiger partial charge in [-0.05, 0) is 129 Å². The van der Waals surface area contributed by atoms with Crippen molar-refractivity contribution in [2.24, 2.45) is 50.7 Å². The summed E-state index contributed by atoms with van der Waals surface area (Å²) >= 11 is 0. The summed E-state index contributed by atoms with van der Waals surface area (Å²) in [5.74, 6) is 3.74. The van der Waals surface area contributed by atoms with Crippen molar-refractivity contribution in [2.45, 2.75) is 126 Å². The number of allylic oxidation sites excluding steroid dienone is 2. The predicted molar refractivity (Wildman–Crippen MR) is 129 cm³/mol. The normalized spacial score (nSPS) is 54.6. The molecule has 0 heterocycles. The van der Waals surface area contributed by atoms with E-state index in [2.05, 4.69) is 55.4 Å². The lowest BCUT2D eigenvalue weighted by molar-refractivity contribution is -0.238. The van der Waals surface area contributed by atoms with Crippen LogP contribution in [0.3, 0.4) is 0 Å². The summed E-state index contributed by atoms with van der Waals surface area (Å²) in [5.41, 5.74) is 6.31. The molecule has 5 aliphatic rings. The predicted octanol–water partition coefficient (Wildman–Crippen LogP) is 9.20. The van der Waals surface area contributed by atoms with Crippen molar-refractivity contribution in [3.05, 3.63) is 11.1 Å². The molecular formula is C30H50. The number of rotatable bonds is 0. The molecule has 0 aromatic heterocycles. The lowest BCUT2D eigenvalue weighted by Crippen LogP contribution is -2.65. The topological polar surface area (TPSA) is 0 Å². The van der Waals surface area contributed by atoms with Crippen LogP contribution < -0.4 is 0 Å². The van der Waals surface area contributed by atoms with Gasteiger partial charge in [-0.15, -0.1) is 0 Å². The van der Waals surface area contributed by atoms with E-state index < -0.39 is 0 Å². The summed E-state index contributed by atoms with van der Waals surface area (Å²) in [6.07, 6.45) is 16.3. The van der Waals surface area contributed by atoms with Crippen molar-refractivity contribution in [1.29, 1.82) is 0 Å². The van der Waals surface area contributed by atoms with Crippen molar-refractivity contribution in [2.75, 3.05) is 0 Å². The molecular weight excluding hydrogens is 360 g/mol. The Kier molecular flexibility index (Phi) is 4.61. The van der Waals surface area contributed by atoms with Crippen LogP contribution in [0.4, 0.5) is 0 Å². The highest BCUT2D eigenvalue weighted by molar-refractivity contribution is 5.27. The maximum Gasteiger partial charge on any atom is -0.0144 e. The molecule has 0 radical (unpaired) electrons. The average Bonchev–Trinajstić information content (AvgIpc) is 2.99. The quantitative estimate of drug-likeness (QED) is 0.349. The van der Waals surface area contributed by atoms with Crippen LogP contribution in [0.25, 0.3) is 0 Å². The van der Waals surface area contributed by atoms with Crippen LogP contribution in [0.2, 0.25) is 0 Å². The Labute approximate surface area is 188 Å². The highest BCUT2D eigenvalue weighted by Gasteiger charge is 2.69. The molecule has 0 saturated heterocycles. The number of fused-ring (bicyclic) bond motifs is 7. The lowest BCUT2D eigenvalue weighted by atomic mass is 9.32. The second-order valence-corrected chi connectivity index (χ2v) is 14.6. The summed E-state index contributed by atoms with van der Waals surface area (Å²) in [5, 5.41) is 0. The van der Waals surface area contributed by atoms with Crippen LogP contribution in [0.15, 0.2) is 11.1 Å². The fraction of sp³-hybridized carbons (Fsp3) is 0.933. The molecule has 5 rings (SSSR count). The maximum absolute atomic E-state index is 2.80. The van der Waals surface area contributed by atoms with Crippen LogP contribution in [-0.2, 0) is 0 Å². The minimum atomic E-state index is 0.549. The molecule has 8 atom stereocenters. The molecule has 30 heavy (non-hydrogen) atoms. The van der Waals surface area contributed by atoms with E-state index in [1.54, 1.807) is 5.57 Å². The van der Waals surface area contributed by atoms with Crippen molar-refractivity contribution in [3.63, 3.8) is 0 Å². The maximum atomic E-state index is 2.80. The van der Waals surface area contributed by atoms with Gasteiger partial charge in [0.25, 0.3) is 0 Å². The first kappa shape index (κ1) is 21.6. The molecule has 5 fully saturated rings. The molecule has 0 N–H and O–H groups in total. The number of hydrogen-bond donors (Lipinski definition) is 0. The average molecular weight is 411 g/mol. The third-order valence-electron chi connectivity index (χ3n) is 13.2. The monoisotopic (exact) mass is 410 g/mol. The molecule has 5 saturated carbocycles. The molecule has 4 unspecified atom stereocenters. The summed E-state index contributed by atoms with van der Waals surface area (Å²) < 4.78 is 0. The molecule has 0 amide bonds. The van der Waals surface area contributed by atoms with Crippen molar-refractivity contribution < 1.29 is 0 Å². The van der Waals surface area contributed by atoms with Crippen LogP contribution in [0, 0.1) is 50.7 Å². The highest BCUT2D eigenvalue weighted by Crippen LogP contribution is 2.77. The second-order valence-electron chi connectivity index (χ2n) is 14.6. The molecule has 0 bridgehead atoms. The molecule has 5 aliphatic carbocycles. The molecule has 0 aliphatic heterocycles. The van der Waals surface area contributed by atoms with E-state index >= 15 is 0 Å². The van der Waals surface area contributed by atoms with Crippen molar-refractivity contribution >= 4 is 0 Å². The van der Waals surface area contributed by atoms with E-state index in [1.165, 1.54) is 70.6 Å². The Hall–Kier alpha value is -0.260. The molecule has 170 valence electrons. The van der Waals surface area contributed by atoms with Gasteiger partial charge in [0.1, 0.15) is 0 Å². The van der Waals surface area contributed by atoms with Crippen molar-refractivity contribution in [1.82, 2.24) is 0 Å². The van der Waals surface area contributed by atoms with E-state index in [0.717, 1.165) is 23.7 Å². The molecule has 0 spiro atoms. The Morgan fingerprint density at radius 2 is 1.23 bits per heavy atom. The summed E-state index contributed by atoms with van der Waals surface area (Å²) in [6, 6.07) is 0. The fourth-order valence-corrected chi connectivity index (χ4v) is 11.7. The summed E-state index contributed by atoms with van der Waals surface area (Å²) in [7, 11) is 0. The third-order valence-corrected chi connectivity index (χ3v) is 13.2. The first-order chi connectivity index (χ1) is 13.9. The Bertz CT molecular complexity index is 752. The van der Waals surface area contributed by atoms with E-state index in [4.69, 9.17) is 0 Å². The van der Waals surface area contributed by atoms with Gasteiger partial charge in [-0.3, -0.25) is 0 Å². The van der Waals surface area contributed by atoms with Gasteiger partial charge in [-0.1, -0.05) is 59.1 Å². The van der Waals surface area contributed by atoms with Crippen LogP contribution in [0.5, 0.6) is 0 Å². The SMILES string of the molecule is CC(C)=C1CC[C@@]2(C)C1CC[C@]1(C)C2CCC2[C@@]3(C)CCCC(C)(C)C3CC[C@]21C. The zero-order valence-electron chi connectivity index (χ0n) is 21.6. The third kappa shape index (κ3) is 2.46. The largest absolute Gasteiger partial charge is 0.0769 e. The molecule has 0 aromatic carbocycles. The van der Waals surface area contributed by atoms with E-state index in [1.807, 2.05) is 5.57 Å². The van der Waals surface area contributed by atoms with Crippen LogP contribution >= 0.6 is 0 Å². The summed E-state index contributed by atoms with van der Waals surface area (Å²) in [4.78, 5) is 0.